The van der Waals surface area contributed by atoms with Crippen molar-refractivity contribution in [3.63, 3.8) is 0 Å². The quantitative estimate of drug-likeness (QED) is 0.372. The summed E-state index contributed by atoms with van der Waals surface area (Å²) >= 11 is 0. The van der Waals surface area contributed by atoms with Crippen LogP contribution in [-0.2, 0) is 11.2 Å². The third kappa shape index (κ3) is 7.90. The number of hydrogen-bond donors (Lipinski definition) is 2. The molecule has 1 atom stereocenters. The Morgan fingerprint density at radius 2 is 2.00 bits per heavy atom. The molecule has 1 unspecified atom stereocenters. The number of hydrogen-bond acceptors (Lipinski definition) is 4. The molecule has 0 saturated heterocycles. The average molecular weight is 320 g/mol. The van der Waals surface area contributed by atoms with Crippen molar-refractivity contribution in [3.8, 4) is 0 Å². The Hall–Kier alpha value is -1.72. The normalized spacial score (nSPS) is 12.2. The highest BCUT2D eigenvalue weighted by Gasteiger charge is 2.06. The zero-order valence-electron chi connectivity index (χ0n) is 14.1. The summed E-state index contributed by atoms with van der Waals surface area (Å²) in [5.74, 6) is -0.211. The van der Waals surface area contributed by atoms with E-state index >= 15 is 0 Å². The number of benzene rings is 1. The van der Waals surface area contributed by atoms with Crippen molar-refractivity contribution in [2.75, 3.05) is 20.6 Å². The third-order valence-electron chi connectivity index (χ3n) is 3.81. The van der Waals surface area contributed by atoms with Crippen molar-refractivity contribution in [2.24, 2.45) is 0 Å². The first kappa shape index (κ1) is 19.3. The molecular formula is C18H28N2O3. The summed E-state index contributed by atoms with van der Waals surface area (Å²) in [5.41, 5.74) is 1.73. The van der Waals surface area contributed by atoms with E-state index in [1.165, 1.54) is 0 Å². The number of aliphatic hydroxyl groups is 1. The minimum Gasteiger partial charge on any atom is -0.378 e. The number of nitrogens with zero attached hydrogens (tertiary/aromatic N) is 1. The maximum atomic E-state index is 11.8. The first-order valence-corrected chi connectivity index (χ1v) is 8.20. The molecule has 0 aliphatic heterocycles. The summed E-state index contributed by atoms with van der Waals surface area (Å²) in [6.07, 6.45) is 6.37. The molecule has 0 saturated carbocycles. The van der Waals surface area contributed by atoms with Gasteiger partial charge in [-0.2, -0.15) is 0 Å². The number of carbonyl (C=O) groups excluding carboxylic acids is 2. The molecular weight excluding hydrogens is 292 g/mol. The van der Waals surface area contributed by atoms with Crippen molar-refractivity contribution in [2.45, 2.75) is 44.8 Å². The smallest absolute Gasteiger partial charge is 0.251 e. The Morgan fingerprint density at radius 1 is 1.26 bits per heavy atom. The van der Waals surface area contributed by atoms with Gasteiger partial charge in [0, 0.05) is 5.56 Å². The fraction of sp³-hybridized carbons (Fsp3) is 0.556. The number of carbonyl (C=O) groups is 2. The summed E-state index contributed by atoms with van der Waals surface area (Å²) < 4.78 is 0. The Kier molecular flexibility index (Phi) is 9.17. The van der Waals surface area contributed by atoms with Gasteiger partial charge in [0.2, 0.25) is 0 Å². The lowest BCUT2D eigenvalue weighted by Crippen LogP contribution is -2.27. The van der Waals surface area contributed by atoms with Crippen LogP contribution in [-0.4, -0.2) is 49.1 Å². The van der Waals surface area contributed by atoms with Crippen LogP contribution in [0.5, 0.6) is 0 Å². The summed E-state index contributed by atoms with van der Waals surface area (Å²) in [7, 11) is 3.76. The molecule has 0 fully saturated rings. The largest absolute Gasteiger partial charge is 0.378 e. The van der Waals surface area contributed by atoms with E-state index in [0.29, 0.717) is 11.8 Å². The fourth-order valence-corrected chi connectivity index (χ4v) is 2.37. The van der Waals surface area contributed by atoms with Crippen LogP contribution >= 0.6 is 0 Å². The van der Waals surface area contributed by atoms with Gasteiger partial charge in [0.05, 0.1) is 6.54 Å². The van der Waals surface area contributed by atoms with Crippen molar-refractivity contribution < 1.29 is 14.7 Å². The van der Waals surface area contributed by atoms with Crippen LogP contribution in [0.1, 0.15) is 48.0 Å². The minimum atomic E-state index is -0.350. The van der Waals surface area contributed by atoms with Gasteiger partial charge in [-0.1, -0.05) is 25.0 Å². The second kappa shape index (κ2) is 10.9. The predicted molar refractivity (Wildman–Crippen MR) is 91.3 cm³/mol. The number of nitrogens with one attached hydrogen (secondary N) is 1. The van der Waals surface area contributed by atoms with E-state index in [4.69, 9.17) is 0 Å². The van der Waals surface area contributed by atoms with Gasteiger partial charge in [-0.25, -0.2) is 0 Å². The number of amides is 1. The molecule has 2 N–H and O–H groups in total. The van der Waals surface area contributed by atoms with Crippen LogP contribution in [0.15, 0.2) is 24.3 Å². The van der Waals surface area contributed by atoms with Crippen molar-refractivity contribution in [1.29, 1.82) is 0 Å². The lowest BCUT2D eigenvalue weighted by atomic mass is 10.0. The number of rotatable bonds is 11. The number of aldehydes is 1. The molecule has 128 valence electrons. The second-order valence-electron chi connectivity index (χ2n) is 5.97. The van der Waals surface area contributed by atoms with Gasteiger partial charge in [-0.15, -0.1) is 0 Å². The van der Waals surface area contributed by atoms with Crippen molar-refractivity contribution >= 4 is 12.2 Å². The molecule has 1 amide bonds. The average Bonchev–Trinajstić information content (AvgIpc) is 2.55. The molecule has 0 aliphatic rings. The minimum absolute atomic E-state index is 0.0435. The molecule has 0 spiro atoms. The van der Waals surface area contributed by atoms with E-state index in [9.17, 15) is 14.7 Å². The van der Waals surface area contributed by atoms with E-state index in [1.807, 2.05) is 37.2 Å². The highest BCUT2D eigenvalue weighted by molar-refractivity contribution is 5.95. The SMILES string of the molecule is CN(C)C(O)CCCCCCc1cccc(C(=O)NCC=O)c1. The van der Waals surface area contributed by atoms with E-state index < -0.39 is 0 Å². The van der Waals surface area contributed by atoms with E-state index in [-0.39, 0.29) is 18.7 Å². The Morgan fingerprint density at radius 3 is 2.70 bits per heavy atom. The molecule has 5 heteroatoms. The maximum absolute atomic E-state index is 11.8. The Balaban J connectivity index is 2.27. The topological polar surface area (TPSA) is 69.6 Å². The summed E-state index contributed by atoms with van der Waals surface area (Å²) in [4.78, 5) is 23.9. The molecule has 0 heterocycles. The van der Waals surface area contributed by atoms with E-state index in [0.717, 1.165) is 44.1 Å². The third-order valence-corrected chi connectivity index (χ3v) is 3.81. The molecule has 0 radical (unpaired) electrons. The Labute approximate surface area is 138 Å². The molecule has 0 bridgehead atoms. The molecule has 23 heavy (non-hydrogen) atoms. The summed E-state index contributed by atoms with van der Waals surface area (Å²) in [5, 5.41) is 12.2. The van der Waals surface area contributed by atoms with Gasteiger partial charge in [0.15, 0.2) is 0 Å². The second-order valence-corrected chi connectivity index (χ2v) is 5.97. The zero-order chi connectivity index (χ0) is 17.1. The lowest BCUT2D eigenvalue weighted by Gasteiger charge is -2.17. The van der Waals surface area contributed by atoms with Crippen LogP contribution in [0, 0.1) is 0 Å². The summed E-state index contributed by atoms with van der Waals surface area (Å²) in [6, 6.07) is 7.53. The highest BCUT2D eigenvalue weighted by Crippen LogP contribution is 2.12. The van der Waals surface area contributed by atoms with Crippen LogP contribution < -0.4 is 5.32 Å². The summed E-state index contributed by atoms with van der Waals surface area (Å²) in [6.45, 7) is 0.0435. The molecule has 1 aromatic carbocycles. The molecule has 5 nitrogen and oxygen atoms in total. The lowest BCUT2D eigenvalue weighted by molar-refractivity contribution is -0.107. The number of aliphatic hydroxyl groups excluding tert-OH is 1. The predicted octanol–water partition coefficient (Wildman–Crippen LogP) is 1.99. The number of unbranched alkanes of at least 4 members (excludes halogenated alkanes) is 3. The molecule has 0 aromatic heterocycles. The first-order valence-electron chi connectivity index (χ1n) is 8.20. The van der Waals surface area contributed by atoms with Crippen LogP contribution in [0.25, 0.3) is 0 Å². The van der Waals surface area contributed by atoms with Gasteiger partial charge in [0.1, 0.15) is 12.5 Å². The van der Waals surface area contributed by atoms with E-state index in [1.54, 1.807) is 6.07 Å². The van der Waals surface area contributed by atoms with Gasteiger partial charge in [-0.05, 0) is 57.5 Å². The first-order chi connectivity index (χ1) is 11.0. The molecule has 1 aromatic rings. The van der Waals surface area contributed by atoms with Gasteiger partial charge in [-0.3, -0.25) is 9.69 Å². The van der Waals surface area contributed by atoms with Gasteiger partial charge >= 0.3 is 0 Å². The number of aryl methyl sites for hydroxylation is 1. The van der Waals surface area contributed by atoms with Crippen molar-refractivity contribution in [1.82, 2.24) is 10.2 Å². The van der Waals surface area contributed by atoms with E-state index in [2.05, 4.69) is 5.32 Å². The van der Waals surface area contributed by atoms with Crippen LogP contribution in [0.3, 0.4) is 0 Å². The van der Waals surface area contributed by atoms with Crippen LogP contribution in [0.4, 0.5) is 0 Å². The fourth-order valence-electron chi connectivity index (χ4n) is 2.37. The van der Waals surface area contributed by atoms with Crippen molar-refractivity contribution in [3.05, 3.63) is 35.4 Å². The standard InChI is InChI=1S/C18H28N2O3/c1-20(2)17(22)11-6-4-3-5-8-15-9-7-10-16(14-15)18(23)19-12-13-21/h7,9-10,13-14,17,22H,3-6,8,11-12H2,1-2H3,(H,19,23). The molecule has 0 aliphatic carbocycles. The van der Waals surface area contributed by atoms with Gasteiger partial charge < -0.3 is 15.2 Å². The highest BCUT2D eigenvalue weighted by atomic mass is 16.3. The van der Waals surface area contributed by atoms with Gasteiger partial charge in [0.25, 0.3) is 5.91 Å². The Bertz CT molecular complexity index is 489. The monoisotopic (exact) mass is 320 g/mol. The van der Waals surface area contributed by atoms with Crippen LogP contribution in [0.2, 0.25) is 0 Å². The zero-order valence-corrected chi connectivity index (χ0v) is 14.1. The molecule has 1 rings (SSSR count). The maximum Gasteiger partial charge on any atom is 0.251 e.